The Labute approximate surface area is 180 Å². The largest absolute Gasteiger partial charge is 0.489 e. The average molecular weight is 420 g/mol. The molecule has 3 rings (SSSR count). The van der Waals surface area contributed by atoms with Gasteiger partial charge in [-0.25, -0.2) is 9.97 Å². The molecular weight excluding hydrogens is 396 g/mol. The van der Waals surface area contributed by atoms with Gasteiger partial charge in [-0.05, 0) is 43.5 Å². The fourth-order valence-corrected chi connectivity index (χ4v) is 3.19. The summed E-state index contributed by atoms with van der Waals surface area (Å²) in [6.07, 6.45) is 4.46. The Bertz CT molecular complexity index is 1050. The molecule has 1 atom stereocenters. The summed E-state index contributed by atoms with van der Waals surface area (Å²) in [6.45, 7) is 3.67. The third kappa shape index (κ3) is 6.12. The second-order valence-electron chi connectivity index (χ2n) is 7.15. The van der Waals surface area contributed by atoms with Crippen molar-refractivity contribution >= 4 is 11.8 Å². The Balaban J connectivity index is 1.88. The highest BCUT2D eigenvalue weighted by molar-refractivity contribution is 5.97. The zero-order valence-corrected chi connectivity index (χ0v) is 17.4. The van der Waals surface area contributed by atoms with E-state index in [0.717, 1.165) is 16.7 Å². The fraction of sp³-hybridized carbons (Fsp3) is 0.250. The van der Waals surface area contributed by atoms with Gasteiger partial charge in [-0.3, -0.25) is 9.59 Å². The first-order valence-corrected chi connectivity index (χ1v) is 9.89. The highest BCUT2D eigenvalue weighted by Gasteiger charge is 2.20. The zero-order valence-electron chi connectivity index (χ0n) is 17.4. The molecule has 160 valence electrons. The van der Waals surface area contributed by atoms with Gasteiger partial charge >= 0.3 is 5.97 Å². The van der Waals surface area contributed by atoms with E-state index in [4.69, 9.17) is 14.6 Å². The number of rotatable bonds is 10. The number of carbonyl (C=O) groups excluding carboxylic acids is 1. The van der Waals surface area contributed by atoms with Gasteiger partial charge in [-0.1, -0.05) is 24.3 Å². The second-order valence-corrected chi connectivity index (χ2v) is 7.15. The molecule has 1 aromatic heterocycles. The lowest BCUT2D eigenvalue weighted by Crippen LogP contribution is -2.13. The van der Waals surface area contributed by atoms with E-state index in [-0.39, 0.29) is 25.2 Å². The van der Waals surface area contributed by atoms with Crippen LogP contribution in [0.2, 0.25) is 0 Å². The Morgan fingerprint density at radius 2 is 1.84 bits per heavy atom. The molecule has 7 heteroatoms. The van der Waals surface area contributed by atoms with Gasteiger partial charge in [0.15, 0.2) is 5.78 Å². The van der Waals surface area contributed by atoms with E-state index < -0.39 is 12.1 Å². The van der Waals surface area contributed by atoms with Crippen LogP contribution in [0.5, 0.6) is 11.5 Å². The van der Waals surface area contributed by atoms with Crippen molar-refractivity contribution in [2.75, 3.05) is 0 Å². The summed E-state index contributed by atoms with van der Waals surface area (Å²) in [4.78, 5) is 31.3. The Hall–Kier alpha value is -3.74. The average Bonchev–Trinajstić information content (AvgIpc) is 2.76. The van der Waals surface area contributed by atoms with E-state index in [1.54, 1.807) is 30.6 Å². The number of hydrogen-bond acceptors (Lipinski definition) is 6. The SMILES string of the molecule is CC(=O)c1ccc(OCc2cncnc2)cc1OC(CCC(=O)O)c1ccccc1C. The number of ether oxygens (including phenoxy) is 2. The second kappa shape index (κ2) is 10.3. The number of nitrogens with zero attached hydrogens (tertiary/aromatic N) is 2. The van der Waals surface area contributed by atoms with Gasteiger partial charge in [0.1, 0.15) is 30.5 Å². The molecule has 1 N–H and O–H groups in total. The Morgan fingerprint density at radius 1 is 1.10 bits per heavy atom. The summed E-state index contributed by atoms with van der Waals surface area (Å²) in [5.41, 5.74) is 3.08. The Morgan fingerprint density at radius 3 is 2.52 bits per heavy atom. The van der Waals surface area contributed by atoms with Crippen molar-refractivity contribution in [3.63, 3.8) is 0 Å². The van der Waals surface area contributed by atoms with Crippen LogP contribution in [0.25, 0.3) is 0 Å². The topological polar surface area (TPSA) is 98.6 Å². The highest BCUT2D eigenvalue weighted by atomic mass is 16.5. The number of Topliss-reactive ketones (excluding diaryl/α,β-unsaturated/α-hetero) is 1. The minimum atomic E-state index is -0.906. The monoisotopic (exact) mass is 420 g/mol. The fourth-order valence-electron chi connectivity index (χ4n) is 3.19. The molecule has 2 aromatic carbocycles. The standard InChI is InChI=1S/C24H24N2O5/c1-16-5-3-4-6-20(16)22(9-10-24(28)29)31-23-11-19(7-8-21(23)17(2)27)30-14-18-12-25-15-26-13-18/h3-8,11-13,15,22H,9-10,14H2,1-2H3,(H,28,29). The normalized spacial score (nSPS) is 11.5. The number of ketones is 1. The highest BCUT2D eigenvalue weighted by Crippen LogP contribution is 2.33. The zero-order chi connectivity index (χ0) is 22.2. The van der Waals surface area contributed by atoms with Crippen molar-refractivity contribution in [2.45, 2.75) is 39.4 Å². The van der Waals surface area contributed by atoms with E-state index in [1.165, 1.54) is 13.3 Å². The van der Waals surface area contributed by atoms with Crippen molar-refractivity contribution in [1.29, 1.82) is 0 Å². The maximum atomic E-state index is 12.2. The molecular formula is C24H24N2O5. The van der Waals surface area contributed by atoms with Crippen LogP contribution in [0.15, 0.2) is 61.2 Å². The quantitative estimate of drug-likeness (QED) is 0.480. The number of aryl methyl sites for hydroxylation is 1. The van der Waals surface area contributed by atoms with Gasteiger partial charge < -0.3 is 14.6 Å². The third-order valence-electron chi connectivity index (χ3n) is 4.78. The van der Waals surface area contributed by atoms with Gasteiger partial charge in [-0.15, -0.1) is 0 Å². The smallest absolute Gasteiger partial charge is 0.303 e. The van der Waals surface area contributed by atoms with Crippen LogP contribution in [-0.2, 0) is 11.4 Å². The summed E-state index contributed by atoms with van der Waals surface area (Å²) in [5, 5.41) is 9.17. The molecule has 0 aliphatic rings. The lowest BCUT2D eigenvalue weighted by molar-refractivity contribution is -0.137. The van der Waals surface area contributed by atoms with Crippen molar-refractivity contribution in [2.24, 2.45) is 0 Å². The Kier molecular flexibility index (Phi) is 7.32. The van der Waals surface area contributed by atoms with Crippen LogP contribution in [0, 0.1) is 6.92 Å². The minimum absolute atomic E-state index is 0.0569. The molecule has 0 spiro atoms. The third-order valence-corrected chi connectivity index (χ3v) is 4.78. The van der Waals surface area contributed by atoms with Crippen molar-refractivity contribution in [3.8, 4) is 11.5 Å². The molecule has 1 heterocycles. The van der Waals surface area contributed by atoms with Crippen LogP contribution in [-0.4, -0.2) is 26.8 Å². The molecule has 0 aliphatic carbocycles. The maximum absolute atomic E-state index is 12.2. The van der Waals surface area contributed by atoms with Crippen LogP contribution in [0.4, 0.5) is 0 Å². The lowest BCUT2D eigenvalue weighted by Gasteiger charge is -2.22. The summed E-state index contributed by atoms with van der Waals surface area (Å²) in [5.74, 6) is -0.186. The molecule has 0 saturated carbocycles. The summed E-state index contributed by atoms with van der Waals surface area (Å²) in [6, 6.07) is 12.7. The van der Waals surface area contributed by atoms with Crippen LogP contribution >= 0.6 is 0 Å². The number of carboxylic acids is 1. The van der Waals surface area contributed by atoms with Crippen LogP contribution < -0.4 is 9.47 Å². The van der Waals surface area contributed by atoms with Gasteiger partial charge in [-0.2, -0.15) is 0 Å². The van der Waals surface area contributed by atoms with Crippen molar-refractivity contribution < 1.29 is 24.2 Å². The van der Waals surface area contributed by atoms with E-state index in [0.29, 0.717) is 17.1 Å². The first-order valence-electron chi connectivity index (χ1n) is 9.89. The molecule has 1 unspecified atom stereocenters. The maximum Gasteiger partial charge on any atom is 0.303 e. The molecule has 31 heavy (non-hydrogen) atoms. The number of benzene rings is 2. The van der Waals surface area contributed by atoms with Crippen molar-refractivity contribution in [1.82, 2.24) is 9.97 Å². The van der Waals surface area contributed by atoms with Gasteiger partial charge in [0.05, 0.1) is 5.56 Å². The molecule has 0 amide bonds. The number of carboxylic acid groups (broad SMARTS) is 1. The van der Waals surface area contributed by atoms with E-state index in [9.17, 15) is 9.59 Å². The van der Waals surface area contributed by atoms with Gasteiger partial charge in [0, 0.05) is 30.4 Å². The number of hydrogen-bond donors (Lipinski definition) is 1. The summed E-state index contributed by atoms with van der Waals surface area (Å²) >= 11 is 0. The molecule has 0 fully saturated rings. The van der Waals surface area contributed by atoms with Crippen LogP contribution in [0.3, 0.4) is 0 Å². The first kappa shape index (κ1) is 22.0. The van der Waals surface area contributed by atoms with E-state index >= 15 is 0 Å². The lowest BCUT2D eigenvalue weighted by atomic mass is 9.99. The molecule has 0 bridgehead atoms. The molecule has 7 nitrogen and oxygen atoms in total. The predicted molar refractivity (Wildman–Crippen MR) is 114 cm³/mol. The molecule has 0 aliphatic heterocycles. The molecule has 3 aromatic rings. The predicted octanol–water partition coefficient (Wildman–Crippen LogP) is 4.55. The molecule has 0 saturated heterocycles. The summed E-state index contributed by atoms with van der Waals surface area (Å²) < 4.78 is 12.0. The number of aromatic nitrogens is 2. The van der Waals surface area contributed by atoms with E-state index in [1.807, 2.05) is 31.2 Å². The first-order chi connectivity index (χ1) is 14.9. The van der Waals surface area contributed by atoms with Gasteiger partial charge in [0.25, 0.3) is 0 Å². The minimum Gasteiger partial charge on any atom is -0.489 e. The van der Waals surface area contributed by atoms with Gasteiger partial charge in [0.2, 0.25) is 0 Å². The number of carbonyl (C=O) groups is 2. The van der Waals surface area contributed by atoms with E-state index in [2.05, 4.69) is 9.97 Å². The van der Waals surface area contributed by atoms with Crippen LogP contribution in [0.1, 0.15) is 52.9 Å². The molecule has 0 radical (unpaired) electrons. The van der Waals surface area contributed by atoms with Crippen molar-refractivity contribution in [3.05, 3.63) is 83.4 Å². The summed E-state index contributed by atoms with van der Waals surface area (Å²) in [7, 11) is 0. The number of aliphatic carboxylic acids is 1.